The van der Waals surface area contributed by atoms with Crippen molar-refractivity contribution in [3.63, 3.8) is 0 Å². The molecule has 1 aromatic carbocycles. The summed E-state index contributed by atoms with van der Waals surface area (Å²) >= 11 is 12.2. The van der Waals surface area contributed by atoms with Crippen LogP contribution in [-0.2, 0) is 14.4 Å². The summed E-state index contributed by atoms with van der Waals surface area (Å²) in [5, 5.41) is 3.31. The molecule has 10 heteroatoms. The summed E-state index contributed by atoms with van der Waals surface area (Å²) in [4.78, 5) is 56.7. The van der Waals surface area contributed by atoms with E-state index >= 15 is 0 Å². The van der Waals surface area contributed by atoms with E-state index < -0.39 is 23.8 Å². The summed E-state index contributed by atoms with van der Waals surface area (Å²) in [5.41, 5.74) is 0.157. The summed E-state index contributed by atoms with van der Waals surface area (Å²) in [7, 11) is 0. The fourth-order valence-corrected chi connectivity index (χ4v) is 7.02. The fourth-order valence-electron chi connectivity index (χ4n) is 6.50. The van der Waals surface area contributed by atoms with Gasteiger partial charge in [-0.2, -0.15) is 0 Å². The van der Waals surface area contributed by atoms with E-state index in [1.165, 1.54) is 17.0 Å². The molecule has 3 fully saturated rings. The number of benzene rings is 1. The van der Waals surface area contributed by atoms with Crippen molar-refractivity contribution in [1.82, 2.24) is 15.2 Å². The number of amides is 2. The van der Waals surface area contributed by atoms with Crippen LogP contribution in [0.4, 0.5) is 4.39 Å². The largest absolute Gasteiger partial charge is 0.348 e. The Morgan fingerprint density at radius 1 is 1.16 bits per heavy atom. The SMILES string of the molecule is CCC(=O)C(CC1CCCC1=O)NC(=O)C1C2CCCC2CN1C(=O)c1cc2c(Cl)cc(Cl)c(F)c2[nH]1. The number of carbonyl (C=O) groups excluding carboxylic acids is 4. The Labute approximate surface area is 224 Å². The lowest BCUT2D eigenvalue weighted by atomic mass is 9.91. The molecular weight excluding hydrogens is 520 g/mol. The quantitative estimate of drug-likeness (QED) is 0.470. The van der Waals surface area contributed by atoms with Gasteiger partial charge in [-0.05, 0) is 56.1 Å². The van der Waals surface area contributed by atoms with Gasteiger partial charge >= 0.3 is 0 Å². The highest BCUT2D eigenvalue weighted by molar-refractivity contribution is 6.38. The number of hydrogen-bond acceptors (Lipinski definition) is 4. The molecule has 2 aromatic rings. The number of nitrogens with zero attached hydrogens (tertiary/aromatic N) is 1. The van der Waals surface area contributed by atoms with Crippen molar-refractivity contribution >= 4 is 57.5 Å². The number of fused-ring (bicyclic) bond motifs is 2. The third-order valence-electron chi connectivity index (χ3n) is 8.41. The minimum Gasteiger partial charge on any atom is -0.348 e. The molecule has 0 spiro atoms. The zero-order valence-corrected chi connectivity index (χ0v) is 22.1. The highest BCUT2D eigenvalue weighted by Gasteiger charge is 2.50. The second kappa shape index (κ2) is 10.4. The minimum absolute atomic E-state index is 0.0198. The highest BCUT2D eigenvalue weighted by Crippen LogP contribution is 2.43. The molecule has 1 aliphatic heterocycles. The molecule has 5 unspecified atom stereocenters. The molecule has 2 amide bonds. The number of ketones is 2. The van der Waals surface area contributed by atoms with Gasteiger partial charge in [0.25, 0.3) is 5.91 Å². The maximum Gasteiger partial charge on any atom is 0.271 e. The zero-order valence-electron chi connectivity index (χ0n) is 20.6. The third-order valence-corrected chi connectivity index (χ3v) is 9.00. The van der Waals surface area contributed by atoms with Crippen LogP contribution < -0.4 is 5.32 Å². The van der Waals surface area contributed by atoms with Crippen molar-refractivity contribution in [2.45, 2.75) is 70.4 Å². The van der Waals surface area contributed by atoms with E-state index in [2.05, 4.69) is 10.3 Å². The van der Waals surface area contributed by atoms with Crippen LogP contribution in [0.1, 0.15) is 68.8 Å². The second-order valence-electron chi connectivity index (χ2n) is 10.6. The molecule has 2 saturated carbocycles. The first kappa shape index (κ1) is 26.2. The molecule has 2 heterocycles. The van der Waals surface area contributed by atoms with E-state index in [1.807, 2.05) is 0 Å². The predicted molar refractivity (Wildman–Crippen MR) is 138 cm³/mol. The molecule has 0 radical (unpaired) electrons. The van der Waals surface area contributed by atoms with Crippen molar-refractivity contribution in [1.29, 1.82) is 0 Å². The van der Waals surface area contributed by atoms with Crippen LogP contribution in [0.5, 0.6) is 0 Å². The van der Waals surface area contributed by atoms with Crippen LogP contribution in [-0.4, -0.2) is 51.9 Å². The maximum absolute atomic E-state index is 14.6. The number of nitrogens with one attached hydrogen (secondary N) is 2. The van der Waals surface area contributed by atoms with Gasteiger partial charge in [0.15, 0.2) is 11.6 Å². The number of Topliss-reactive ketones (excluding diaryl/α,β-unsaturated/α-hetero) is 2. The van der Waals surface area contributed by atoms with Crippen LogP contribution in [0, 0.1) is 23.6 Å². The minimum atomic E-state index is -0.759. The Morgan fingerprint density at radius 2 is 1.95 bits per heavy atom. The Balaban J connectivity index is 1.41. The van der Waals surface area contributed by atoms with E-state index in [0.717, 1.165) is 32.1 Å². The van der Waals surface area contributed by atoms with Crippen molar-refractivity contribution in [2.75, 3.05) is 6.54 Å². The Morgan fingerprint density at radius 3 is 2.65 bits per heavy atom. The van der Waals surface area contributed by atoms with Gasteiger partial charge in [0.2, 0.25) is 5.91 Å². The van der Waals surface area contributed by atoms with Gasteiger partial charge in [0, 0.05) is 30.7 Å². The van der Waals surface area contributed by atoms with Gasteiger partial charge in [0.1, 0.15) is 17.5 Å². The van der Waals surface area contributed by atoms with Crippen molar-refractivity contribution in [3.05, 3.63) is 33.7 Å². The number of hydrogen-bond donors (Lipinski definition) is 2. The molecule has 3 aliphatic rings. The van der Waals surface area contributed by atoms with Gasteiger partial charge in [-0.3, -0.25) is 19.2 Å². The number of aromatic nitrogens is 1. The summed E-state index contributed by atoms with van der Waals surface area (Å²) in [6, 6.07) is 1.27. The van der Waals surface area contributed by atoms with Crippen LogP contribution >= 0.6 is 23.2 Å². The van der Waals surface area contributed by atoms with E-state index in [1.54, 1.807) is 6.92 Å². The summed E-state index contributed by atoms with van der Waals surface area (Å²) in [6.07, 6.45) is 5.28. The van der Waals surface area contributed by atoms with Gasteiger partial charge in [-0.15, -0.1) is 0 Å². The number of rotatable bonds is 7. The van der Waals surface area contributed by atoms with E-state index in [9.17, 15) is 23.6 Å². The second-order valence-corrected chi connectivity index (χ2v) is 11.4. The smallest absolute Gasteiger partial charge is 0.271 e. The molecule has 198 valence electrons. The van der Waals surface area contributed by atoms with Crippen molar-refractivity contribution in [3.8, 4) is 0 Å². The summed E-state index contributed by atoms with van der Waals surface area (Å²) < 4.78 is 14.6. The van der Waals surface area contributed by atoms with Crippen LogP contribution in [0.3, 0.4) is 0 Å². The van der Waals surface area contributed by atoms with E-state index in [-0.39, 0.29) is 62.9 Å². The zero-order chi connectivity index (χ0) is 26.4. The Kier molecular flexibility index (Phi) is 7.33. The fraction of sp³-hybridized carbons (Fsp3) is 0.556. The number of likely N-dealkylation sites (tertiary alicyclic amines) is 1. The molecule has 37 heavy (non-hydrogen) atoms. The lowest BCUT2D eigenvalue weighted by molar-refractivity contribution is -0.131. The maximum atomic E-state index is 14.6. The molecule has 1 aromatic heterocycles. The van der Waals surface area contributed by atoms with Gasteiger partial charge in [-0.25, -0.2) is 4.39 Å². The van der Waals surface area contributed by atoms with Crippen LogP contribution in [0.25, 0.3) is 10.9 Å². The van der Waals surface area contributed by atoms with E-state index in [0.29, 0.717) is 24.8 Å². The first-order valence-corrected chi connectivity index (χ1v) is 13.8. The Hall–Kier alpha value is -2.45. The normalized spacial score (nSPS) is 26.1. The first-order chi connectivity index (χ1) is 17.7. The lowest BCUT2D eigenvalue weighted by Crippen LogP contribution is -2.53. The molecule has 5 rings (SSSR count). The predicted octanol–water partition coefficient (Wildman–Crippen LogP) is 5.08. The standard InChI is InChI=1S/C27H30Cl2FN3O4/c1-2-21(34)19(9-13-5-4-8-22(13)35)32-26(36)25-15-7-3-6-14(15)12-33(25)27(37)20-10-16-17(28)11-18(29)23(30)24(16)31-20/h10-11,13-15,19,25,31H,2-9,12H2,1H3,(H,32,36). The van der Waals surface area contributed by atoms with Gasteiger partial charge < -0.3 is 15.2 Å². The van der Waals surface area contributed by atoms with Crippen molar-refractivity contribution in [2.24, 2.45) is 17.8 Å². The topological polar surface area (TPSA) is 99.3 Å². The average Bonchev–Trinajstić information content (AvgIpc) is 3.65. The molecular formula is C27H30Cl2FN3O4. The Bertz CT molecular complexity index is 1280. The first-order valence-electron chi connectivity index (χ1n) is 13.0. The molecule has 1 saturated heterocycles. The summed E-state index contributed by atoms with van der Waals surface area (Å²) in [5.74, 6) is -1.55. The van der Waals surface area contributed by atoms with Gasteiger partial charge in [0.05, 0.1) is 21.6 Å². The lowest BCUT2D eigenvalue weighted by Gasteiger charge is -2.29. The molecule has 5 atom stereocenters. The number of halogens is 3. The van der Waals surface area contributed by atoms with Crippen LogP contribution in [0.15, 0.2) is 12.1 Å². The van der Waals surface area contributed by atoms with Crippen LogP contribution in [0.2, 0.25) is 10.0 Å². The molecule has 0 bridgehead atoms. The van der Waals surface area contributed by atoms with E-state index in [4.69, 9.17) is 23.2 Å². The molecule has 2 N–H and O–H groups in total. The van der Waals surface area contributed by atoms with Crippen molar-refractivity contribution < 1.29 is 23.6 Å². The molecule has 2 aliphatic carbocycles. The molecule has 7 nitrogen and oxygen atoms in total. The van der Waals surface area contributed by atoms with Gasteiger partial charge in [-0.1, -0.05) is 36.5 Å². The highest BCUT2D eigenvalue weighted by atomic mass is 35.5. The monoisotopic (exact) mass is 549 g/mol. The summed E-state index contributed by atoms with van der Waals surface area (Å²) in [6.45, 7) is 2.14. The number of aromatic amines is 1. The number of carbonyl (C=O) groups is 4. The average molecular weight is 550 g/mol. The number of H-pyrrole nitrogens is 1. The third kappa shape index (κ3) is 4.78.